The number of hydrogen-bond donors (Lipinski definition) is 4. The lowest BCUT2D eigenvalue weighted by Gasteiger charge is -2.30. The molecule has 0 spiro atoms. The molecule has 3 heterocycles. The standard InChI is InChI=1S/C23H19F2N5O4/c1-2-17-21(32)16(31)8-18(34-17)11-6-7-27-10-15(11)29-23(33)20-14(26)9-28-22(30-20)19-12(24)4-3-5-13(19)25/h2-10,16-17,21,31-32H,1,26H2,(H,29,33)/t16-,17-,21+/m1/s1. The summed E-state index contributed by atoms with van der Waals surface area (Å²) >= 11 is 0. The predicted molar refractivity (Wildman–Crippen MR) is 119 cm³/mol. The quantitative estimate of drug-likeness (QED) is 0.419. The van der Waals surface area contributed by atoms with E-state index < -0.39 is 41.4 Å². The van der Waals surface area contributed by atoms with Crippen molar-refractivity contribution in [1.82, 2.24) is 15.0 Å². The SMILES string of the molecule is C=C[C@H]1OC(c2ccncc2NC(=O)c2nc(-c3c(F)cccc3F)ncc2N)=C[C@@H](O)[C@@H]1O. The number of nitrogens with zero attached hydrogens (tertiary/aromatic N) is 3. The number of anilines is 2. The number of ether oxygens (including phenoxy) is 1. The largest absolute Gasteiger partial charge is 0.483 e. The van der Waals surface area contributed by atoms with Crippen LogP contribution < -0.4 is 11.1 Å². The number of amides is 1. The number of halogens is 2. The Kier molecular flexibility index (Phi) is 6.30. The summed E-state index contributed by atoms with van der Waals surface area (Å²) in [7, 11) is 0. The molecule has 0 aliphatic carbocycles. The highest BCUT2D eigenvalue weighted by atomic mass is 19.1. The van der Waals surface area contributed by atoms with Gasteiger partial charge < -0.3 is 26.0 Å². The third kappa shape index (κ3) is 4.34. The summed E-state index contributed by atoms with van der Waals surface area (Å²) in [4.78, 5) is 24.8. The van der Waals surface area contributed by atoms with Crippen LogP contribution in [0.2, 0.25) is 0 Å². The second-order valence-corrected chi connectivity index (χ2v) is 7.30. The zero-order valence-electron chi connectivity index (χ0n) is 17.5. The lowest BCUT2D eigenvalue weighted by molar-refractivity contribution is -0.0339. The minimum Gasteiger partial charge on any atom is -0.483 e. The van der Waals surface area contributed by atoms with E-state index >= 15 is 0 Å². The van der Waals surface area contributed by atoms with Crippen molar-refractivity contribution in [1.29, 1.82) is 0 Å². The maximum Gasteiger partial charge on any atom is 0.276 e. The van der Waals surface area contributed by atoms with E-state index in [0.717, 1.165) is 18.3 Å². The molecule has 0 bridgehead atoms. The molecule has 0 radical (unpaired) electrons. The molecule has 1 aromatic carbocycles. The summed E-state index contributed by atoms with van der Waals surface area (Å²) in [5.74, 6) is -2.78. The molecule has 0 fully saturated rings. The summed E-state index contributed by atoms with van der Waals surface area (Å²) in [5, 5.41) is 22.7. The van der Waals surface area contributed by atoms with Crippen molar-refractivity contribution in [3.63, 3.8) is 0 Å². The van der Waals surface area contributed by atoms with E-state index in [4.69, 9.17) is 10.5 Å². The van der Waals surface area contributed by atoms with E-state index in [0.29, 0.717) is 5.56 Å². The van der Waals surface area contributed by atoms with Gasteiger partial charge in [0.15, 0.2) is 11.5 Å². The van der Waals surface area contributed by atoms with Crippen LogP contribution in [0.15, 0.2) is 61.6 Å². The molecule has 174 valence electrons. The Morgan fingerprint density at radius 3 is 2.65 bits per heavy atom. The van der Waals surface area contributed by atoms with Gasteiger partial charge in [0.25, 0.3) is 5.91 Å². The zero-order valence-corrected chi connectivity index (χ0v) is 17.5. The van der Waals surface area contributed by atoms with Crippen LogP contribution in [0.4, 0.5) is 20.2 Å². The number of nitrogens with one attached hydrogen (secondary N) is 1. The van der Waals surface area contributed by atoms with Crippen LogP contribution in [0.3, 0.4) is 0 Å². The summed E-state index contributed by atoms with van der Waals surface area (Å²) in [6.45, 7) is 3.58. The van der Waals surface area contributed by atoms with Gasteiger partial charge in [-0.1, -0.05) is 12.6 Å². The number of rotatable bonds is 5. The molecule has 1 amide bonds. The van der Waals surface area contributed by atoms with Crippen molar-refractivity contribution < 1.29 is 28.5 Å². The Bertz CT molecular complexity index is 1280. The third-order valence-corrected chi connectivity index (χ3v) is 5.06. The number of carbonyl (C=O) groups excluding carboxylic acids is 1. The first kappa shape index (κ1) is 23.0. The Morgan fingerprint density at radius 1 is 1.21 bits per heavy atom. The average Bonchev–Trinajstić information content (AvgIpc) is 2.82. The molecule has 11 heteroatoms. The van der Waals surface area contributed by atoms with Gasteiger partial charge in [-0.15, -0.1) is 0 Å². The second-order valence-electron chi connectivity index (χ2n) is 7.30. The number of pyridine rings is 1. The van der Waals surface area contributed by atoms with Gasteiger partial charge >= 0.3 is 0 Å². The number of aromatic nitrogens is 3. The summed E-state index contributed by atoms with van der Waals surface area (Å²) in [6, 6.07) is 4.80. The van der Waals surface area contributed by atoms with Gasteiger partial charge in [0.1, 0.15) is 35.7 Å². The maximum absolute atomic E-state index is 14.2. The molecular weight excluding hydrogens is 448 g/mol. The Balaban J connectivity index is 1.68. The van der Waals surface area contributed by atoms with E-state index in [2.05, 4.69) is 26.8 Å². The van der Waals surface area contributed by atoms with Gasteiger partial charge in [-0.3, -0.25) is 9.78 Å². The maximum atomic E-state index is 14.2. The van der Waals surface area contributed by atoms with E-state index in [-0.39, 0.29) is 28.7 Å². The van der Waals surface area contributed by atoms with E-state index in [1.54, 1.807) is 0 Å². The highest BCUT2D eigenvalue weighted by Crippen LogP contribution is 2.31. The second kappa shape index (κ2) is 9.33. The summed E-state index contributed by atoms with van der Waals surface area (Å²) in [6.07, 6.45) is 3.13. The normalized spacial score (nSPS) is 19.6. The fraction of sp³-hybridized carbons (Fsp3) is 0.130. The van der Waals surface area contributed by atoms with Crippen LogP contribution in [0, 0.1) is 11.6 Å². The highest BCUT2D eigenvalue weighted by Gasteiger charge is 2.31. The van der Waals surface area contributed by atoms with Crippen LogP contribution >= 0.6 is 0 Å². The molecule has 5 N–H and O–H groups in total. The number of aliphatic hydroxyl groups is 2. The first-order valence-corrected chi connectivity index (χ1v) is 10.00. The predicted octanol–water partition coefficient (Wildman–Crippen LogP) is 2.30. The lowest BCUT2D eigenvalue weighted by atomic mass is 10.0. The van der Waals surface area contributed by atoms with Crippen molar-refractivity contribution in [3.05, 3.63) is 84.5 Å². The monoisotopic (exact) mass is 467 g/mol. The van der Waals surface area contributed by atoms with E-state index in [1.807, 2.05) is 0 Å². The van der Waals surface area contributed by atoms with Gasteiger partial charge in [-0.05, 0) is 30.4 Å². The van der Waals surface area contributed by atoms with Gasteiger partial charge in [0, 0.05) is 11.8 Å². The number of hydrogen-bond acceptors (Lipinski definition) is 8. The molecule has 3 aromatic rings. The smallest absolute Gasteiger partial charge is 0.276 e. The van der Waals surface area contributed by atoms with Crippen molar-refractivity contribution >= 4 is 23.0 Å². The Labute approximate surface area is 192 Å². The first-order chi connectivity index (χ1) is 16.3. The van der Waals surface area contributed by atoms with E-state index in [9.17, 15) is 23.8 Å². The van der Waals surface area contributed by atoms with Crippen molar-refractivity contribution in [2.24, 2.45) is 0 Å². The van der Waals surface area contributed by atoms with Crippen LogP contribution in [0.1, 0.15) is 16.1 Å². The Hall–Kier alpha value is -4.22. The fourth-order valence-corrected chi connectivity index (χ4v) is 3.34. The van der Waals surface area contributed by atoms with Gasteiger partial charge in [0.05, 0.1) is 29.3 Å². The zero-order chi connectivity index (χ0) is 24.4. The molecular formula is C23H19F2N5O4. The highest BCUT2D eigenvalue weighted by molar-refractivity contribution is 6.07. The topological polar surface area (TPSA) is 143 Å². The number of nitrogens with two attached hydrogens (primary N) is 1. The molecule has 1 aliphatic rings. The molecule has 0 saturated carbocycles. The molecule has 9 nitrogen and oxygen atoms in total. The first-order valence-electron chi connectivity index (χ1n) is 10.00. The van der Waals surface area contributed by atoms with Crippen LogP contribution in [0.25, 0.3) is 17.1 Å². The minimum atomic E-state index is -1.24. The van der Waals surface area contributed by atoms with Crippen LogP contribution in [-0.2, 0) is 4.74 Å². The van der Waals surface area contributed by atoms with Crippen molar-refractivity contribution in [3.8, 4) is 11.4 Å². The number of aliphatic hydroxyl groups excluding tert-OH is 2. The molecule has 3 atom stereocenters. The minimum absolute atomic E-state index is 0.123. The van der Waals surface area contributed by atoms with Gasteiger partial charge in [0.2, 0.25) is 0 Å². The number of carbonyl (C=O) groups is 1. The molecule has 4 rings (SSSR count). The van der Waals surface area contributed by atoms with Crippen LogP contribution in [-0.4, -0.2) is 49.4 Å². The van der Waals surface area contributed by atoms with Crippen molar-refractivity contribution in [2.75, 3.05) is 11.1 Å². The average molecular weight is 467 g/mol. The summed E-state index contributed by atoms with van der Waals surface area (Å²) in [5.41, 5.74) is 5.42. The molecule has 2 aromatic heterocycles. The fourth-order valence-electron chi connectivity index (χ4n) is 3.34. The van der Waals surface area contributed by atoms with Crippen LogP contribution in [0.5, 0.6) is 0 Å². The van der Waals surface area contributed by atoms with Gasteiger partial charge in [-0.25, -0.2) is 18.7 Å². The molecule has 0 unspecified atom stereocenters. The molecule has 0 saturated heterocycles. The summed E-state index contributed by atoms with van der Waals surface area (Å²) < 4.78 is 34.0. The molecule has 1 aliphatic heterocycles. The Morgan fingerprint density at radius 2 is 1.94 bits per heavy atom. The lowest BCUT2D eigenvalue weighted by Crippen LogP contribution is -2.40. The van der Waals surface area contributed by atoms with Crippen molar-refractivity contribution in [2.45, 2.75) is 18.3 Å². The number of benzene rings is 1. The third-order valence-electron chi connectivity index (χ3n) is 5.06. The van der Waals surface area contributed by atoms with Gasteiger partial charge in [-0.2, -0.15) is 0 Å². The van der Waals surface area contributed by atoms with E-state index in [1.165, 1.54) is 36.7 Å². The molecule has 34 heavy (non-hydrogen) atoms. The number of nitrogen functional groups attached to an aromatic ring is 1.